The van der Waals surface area contributed by atoms with Crippen LogP contribution in [0.15, 0.2) is 36.9 Å². The topological polar surface area (TPSA) is 91.5 Å². The number of hydrogen-bond donors (Lipinski definition) is 2. The van der Waals surface area contributed by atoms with Crippen molar-refractivity contribution in [1.29, 1.82) is 5.26 Å². The predicted octanol–water partition coefficient (Wildman–Crippen LogP) is 3.28. The van der Waals surface area contributed by atoms with Gasteiger partial charge >= 0.3 is 0 Å². The lowest BCUT2D eigenvalue weighted by atomic mass is 10.2. The van der Waals surface area contributed by atoms with Crippen molar-refractivity contribution in [2.45, 2.75) is 13.0 Å². The number of pyridine rings is 2. The lowest BCUT2D eigenvalue weighted by molar-refractivity contribution is 0.617. The first kappa shape index (κ1) is 17.3. The van der Waals surface area contributed by atoms with Crippen molar-refractivity contribution in [1.82, 2.24) is 19.5 Å². The van der Waals surface area contributed by atoms with Gasteiger partial charge in [0.25, 0.3) is 0 Å². The number of aryl methyl sites for hydroxylation is 1. The zero-order valence-electron chi connectivity index (χ0n) is 14.0. The minimum absolute atomic E-state index is 0.0445. The van der Waals surface area contributed by atoms with Crippen molar-refractivity contribution >= 4 is 17.5 Å². The fourth-order valence-corrected chi connectivity index (χ4v) is 2.29. The molecule has 3 aromatic heterocycles. The second kappa shape index (κ2) is 7.14. The number of rotatable bonds is 5. The molecule has 2 N–H and O–H groups in total. The van der Waals surface area contributed by atoms with Crippen LogP contribution in [0.25, 0.3) is 0 Å². The van der Waals surface area contributed by atoms with Gasteiger partial charge in [-0.25, -0.2) is 18.7 Å². The molecular formula is C17H15F2N7. The number of hydrogen-bond acceptors (Lipinski definition) is 6. The quantitative estimate of drug-likeness (QED) is 0.730. The molecule has 0 saturated heterocycles. The van der Waals surface area contributed by atoms with Gasteiger partial charge in [-0.2, -0.15) is 5.26 Å². The average Bonchev–Trinajstić information content (AvgIpc) is 3.03. The van der Waals surface area contributed by atoms with Crippen LogP contribution in [0.4, 0.5) is 26.2 Å². The molecule has 0 aliphatic carbocycles. The Morgan fingerprint density at radius 3 is 2.65 bits per heavy atom. The zero-order valence-corrected chi connectivity index (χ0v) is 14.0. The van der Waals surface area contributed by atoms with Crippen molar-refractivity contribution < 1.29 is 8.78 Å². The molecule has 0 fully saturated rings. The van der Waals surface area contributed by atoms with Gasteiger partial charge in [0, 0.05) is 13.2 Å². The molecule has 7 nitrogen and oxygen atoms in total. The molecule has 0 radical (unpaired) electrons. The summed E-state index contributed by atoms with van der Waals surface area (Å²) in [5.41, 5.74) is 0.601. The monoisotopic (exact) mass is 355 g/mol. The van der Waals surface area contributed by atoms with Crippen molar-refractivity contribution in [2.24, 2.45) is 7.05 Å². The third-order valence-electron chi connectivity index (χ3n) is 3.59. The lowest BCUT2D eigenvalue weighted by Gasteiger charge is -2.16. The standard InChI is InChI=1S/C17H15F2N7/c1-10(14-4-3-12(18)7-21-14)23-16-11(6-20)5-13(19)17(25-16)24-15-8-26(2)9-22-15/h3-5,7-10H,1-2H3,(H2,23,24,25). The van der Waals surface area contributed by atoms with Gasteiger partial charge in [0.2, 0.25) is 0 Å². The molecule has 0 amide bonds. The summed E-state index contributed by atoms with van der Waals surface area (Å²) in [7, 11) is 1.78. The van der Waals surface area contributed by atoms with Crippen LogP contribution in [0.2, 0.25) is 0 Å². The zero-order chi connectivity index (χ0) is 18.7. The summed E-state index contributed by atoms with van der Waals surface area (Å²) in [6.45, 7) is 1.78. The molecule has 3 aromatic rings. The van der Waals surface area contributed by atoms with Gasteiger partial charge in [-0.3, -0.25) is 4.98 Å². The molecule has 0 aromatic carbocycles. The largest absolute Gasteiger partial charge is 0.361 e. The van der Waals surface area contributed by atoms with Crippen LogP contribution in [-0.2, 0) is 7.05 Å². The van der Waals surface area contributed by atoms with E-state index in [2.05, 4.69) is 25.6 Å². The molecular weight excluding hydrogens is 340 g/mol. The van der Waals surface area contributed by atoms with Crippen LogP contribution >= 0.6 is 0 Å². The smallest absolute Gasteiger partial charge is 0.170 e. The summed E-state index contributed by atoms with van der Waals surface area (Å²) in [4.78, 5) is 12.2. The van der Waals surface area contributed by atoms with E-state index in [0.717, 1.165) is 12.3 Å². The molecule has 3 rings (SSSR count). The number of nitriles is 1. The Kier molecular flexibility index (Phi) is 4.75. The maximum Gasteiger partial charge on any atom is 0.170 e. The van der Waals surface area contributed by atoms with E-state index < -0.39 is 11.6 Å². The minimum Gasteiger partial charge on any atom is -0.361 e. The Morgan fingerprint density at radius 2 is 2.04 bits per heavy atom. The molecule has 0 spiro atoms. The van der Waals surface area contributed by atoms with Crippen LogP contribution in [0.1, 0.15) is 24.2 Å². The summed E-state index contributed by atoms with van der Waals surface area (Å²) >= 11 is 0. The predicted molar refractivity (Wildman–Crippen MR) is 91.6 cm³/mol. The van der Waals surface area contributed by atoms with E-state index in [-0.39, 0.29) is 23.2 Å². The molecule has 3 heterocycles. The number of imidazole rings is 1. The Morgan fingerprint density at radius 1 is 1.23 bits per heavy atom. The first-order valence-electron chi connectivity index (χ1n) is 7.70. The summed E-state index contributed by atoms with van der Waals surface area (Å²) in [6, 6.07) is 5.43. The third kappa shape index (κ3) is 3.75. The highest BCUT2D eigenvalue weighted by molar-refractivity contribution is 5.61. The van der Waals surface area contributed by atoms with Gasteiger partial charge in [-0.05, 0) is 25.1 Å². The highest BCUT2D eigenvalue weighted by atomic mass is 19.1. The van der Waals surface area contributed by atoms with Gasteiger partial charge in [-0.15, -0.1) is 0 Å². The Labute approximate surface area is 148 Å². The van der Waals surface area contributed by atoms with Gasteiger partial charge in [0.1, 0.15) is 23.5 Å². The molecule has 0 bridgehead atoms. The fourth-order valence-electron chi connectivity index (χ4n) is 2.29. The molecule has 9 heteroatoms. The molecule has 0 aliphatic heterocycles. The van der Waals surface area contributed by atoms with Gasteiger partial charge in [0.15, 0.2) is 11.6 Å². The van der Waals surface area contributed by atoms with Crippen LogP contribution in [0, 0.1) is 23.0 Å². The van der Waals surface area contributed by atoms with E-state index in [0.29, 0.717) is 11.5 Å². The molecule has 132 valence electrons. The first-order valence-corrected chi connectivity index (χ1v) is 7.70. The van der Waals surface area contributed by atoms with Crippen molar-refractivity contribution in [3.63, 3.8) is 0 Å². The number of nitrogens with one attached hydrogen (secondary N) is 2. The van der Waals surface area contributed by atoms with E-state index in [1.807, 2.05) is 6.07 Å². The fraction of sp³-hybridized carbons (Fsp3) is 0.176. The van der Waals surface area contributed by atoms with E-state index in [1.54, 1.807) is 31.1 Å². The maximum atomic E-state index is 14.2. The van der Waals surface area contributed by atoms with Gasteiger partial charge in [0.05, 0.1) is 29.8 Å². The SMILES string of the molecule is CC(Nc1nc(Nc2cn(C)cn2)c(F)cc1C#N)c1ccc(F)cn1. The number of nitrogens with zero attached hydrogens (tertiary/aromatic N) is 5. The van der Waals surface area contributed by atoms with Gasteiger partial charge < -0.3 is 15.2 Å². The molecule has 0 aliphatic rings. The first-order chi connectivity index (χ1) is 12.5. The molecule has 1 unspecified atom stereocenters. The van der Waals surface area contributed by atoms with Crippen LogP contribution in [-0.4, -0.2) is 19.5 Å². The van der Waals surface area contributed by atoms with E-state index in [4.69, 9.17) is 0 Å². The number of anilines is 3. The number of aromatic nitrogens is 4. The molecule has 0 saturated carbocycles. The normalized spacial score (nSPS) is 11.7. The van der Waals surface area contributed by atoms with Crippen molar-refractivity contribution in [2.75, 3.05) is 10.6 Å². The maximum absolute atomic E-state index is 14.2. The second-order valence-electron chi connectivity index (χ2n) is 5.64. The van der Waals surface area contributed by atoms with Crippen molar-refractivity contribution in [3.8, 4) is 6.07 Å². The average molecular weight is 355 g/mol. The minimum atomic E-state index is -0.676. The summed E-state index contributed by atoms with van der Waals surface area (Å²) in [5, 5.41) is 15.0. The lowest BCUT2D eigenvalue weighted by Crippen LogP contribution is -2.12. The third-order valence-corrected chi connectivity index (χ3v) is 3.59. The van der Waals surface area contributed by atoms with Crippen LogP contribution in [0.3, 0.4) is 0 Å². The summed E-state index contributed by atoms with van der Waals surface area (Å²) in [6.07, 6.45) is 4.33. The van der Waals surface area contributed by atoms with Crippen LogP contribution in [0.5, 0.6) is 0 Å². The summed E-state index contributed by atoms with van der Waals surface area (Å²) in [5.74, 6) is -0.580. The highest BCUT2D eigenvalue weighted by Gasteiger charge is 2.16. The van der Waals surface area contributed by atoms with E-state index >= 15 is 0 Å². The van der Waals surface area contributed by atoms with E-state index in [1.165, 1.54) is 12.1 Å². The Balaban J connectivity index is 1.88. The second-order valence-corrected chi connectivity index (χ2v) is 5.64. The highest BCUT2D eigenvalue weighted by Crippen LogP contribution is 2.25. The molecule has 26 heavy (non-hydrogen) atoms. The van der Waals surface area contributed by atoms with Gasteiger partial charge in [-0.1, -0.05) is 0 Å². The number of halogens is 2. The molecule has 1 atom stereocenters. The summed E-state index contributed by atoms with van der Waals surface area (Å²) < 4.78 is 28.9. The Bertz CT molecular complexity index is 960. The van der Waals surface area contributed by atoms with Crippen LogP contribution < -0.4 is 10.6 Å². The van der Waals surface area contributed by atoms with Crippen molar-refractivity contribution in [3.05, 3.63) is 59.8 Å². The van der Waals surface area contributed by atoms with E-state index in [9.17, 15) is 14.0 Å². The Hall–Kier alpha value is -3.54.